The van der Waals surface area contributed by atoms with Gasteiger partial charge >= 0.3 is 0 Å². The van der Waals surface area contributed by atoms with Gasteiger partial charge in [0, 0.05) is 44.6 Å². The number of pyridine rings is 1. The van der Waals surface area contributed by atoms with Gasteiger partial charge in [-0.15, -0.1) is 0 Å². The minimum atomic E-state index is -0.603. The third-order valence-electron chi connectivity index (χ3n) is 4.70. The second-order valence-electron chi connectivity index (χ2n) is 6.54. The highest BCUT2D eigenvalue weighted by Gasteiger charge is 2.23. The van der Waals surface area contributed by atoms with Crippen molar-refractivity contribution in [2.45, 2.75) is 25.7 Å². The summed E-state index contributed by atoms with van der Waals surface area (Å²) in [6.07, 6.45) is 5.77. The van der Waals surface area contributed by atoms with E-state index in [-0.39, 0.29) is 5.91 Å². The van der Waals surface area contributed by atoms with Gasteiger partial charge in [0.25, 0.3) is 5.91 Å². The number of amides is 1. The van der Waals surface area contributed by atoms with Crippen molar-refractivity contribution < 1.29 is 13.9 Å². The van der Waals surface area contributed by atoms with E-state index < -0.39 is 5.95 Å². The molecule has 0 atom stereocenters. The van der Waals surface area contributed by atoms with Crippen LogP contribution in [-0.4, -0.2) is 67.6 Å². The summed E-state index contributed by atoms with van der Waals surface area (Å²) in [5, 5.41) is 0. The number of carbonyl (C=O) groups excluding carboxylic acids is 1. The lowest BCUT2D eigenvalue weighted by molar-refractivity contribution is 0.0683. The van der Waals surface area contributed by atoms with E-state index in [2.05, 4.69) is 16.9 Å². The van der Waals surface area contributed by atoms with E-state index in [1.807, 2.05) is 4.90 Å². The van der Waals surface area contributed by atoms with Gasteiger partial charge in [0.15, 0.2) is 0 Å². The van der Waals surface area contributed by atoms with Crippen LogP contribution in [0, 0.1) is 11.9 Å². The molecule has 2 rings (SSSR count). The zero-order valence-corrected chi connectivity index (χ0v) is 14.7. The number of piperidine rings is 1. The minimum Gasteiger partial charge on any atom is -0.383 e. The highest BCUT2D eigenvalue weighted by atomic mass is 19.1. The van der Waals surface area contributed by atoms with E-state index in [1.165, 1.54) is 25.1 Å². The van der Waals surface area contributed by atoms with Crippen molar-refractivity contribution >= 4 is 5.91 Å². The summed E-state index contributed by atoms with van der Waals surface area (Å²) in [6.45, 7) is 4.33. The van der Waals surface area contributed by atoms with E-state index in [9.17, 15) is 9.18 Å². The molecule has 0 aliphatic carbocycles. The molecule has 1 saturated heterocycles. The molecule has 0 saturated carbocycles. The van der Waals surface area contributed by atoms with Gasteiger partial charge in [-0.05, 0) is 51.3 Å². The number of carbonyl (C=O) groups is 1. The Morgan fingerprint density at radius 2 is 2.17 bits per heavy atom. The van der Waals surface area contributed by atoms with E-state index >= 15 is 0 Å². The zero-order chi connectivity index (χ0) is 17.4. The van der Waals surface area contributed by atoms with Gasteiger partial charge in [0.1, 0.15) is 0 Å². The number of ether oxygens (including phenoxy) is 1. The fourth-order valence-corrected chi connectivity index (χ4v) is 3.15. The smallest absolute Gasteiger partial charge is 0.254 e. The molecule has 0 N–H and O–H groups in total. The fraction of sp³-hybridized carbons (Fsp3) is 0.667. The van der Waals surface area contributed by atoms with Crippen LogP contribution in [-0.2, 0) is 4.74 Å². The lowest BCUT2D eigenvalue weighted by Crippen LogP contribution is -2.38. The number of likely N-dealkylation sites (tertiary alicyclic amines) is 1. The molecule has 0 unspecified atom stereocenters. The molecule has 1 aromatic rings. The largest absolute Gasteiger partial charge is 0.383 e. The van der Waals surface area contributed by atoms with Crippen LogP contribution in [0.3, 0.4) is 0 Å². The number of hydrogen-bond donors (Lipinski definition) is 0. The summed E-state index contributed by atoms with van der Waals surface area (Å²) in [5.74, 6) is -0.0126. The highest BCUT2D eigenvalue weighted by Crippen LogP contribution is 2.23. The van der Waals surface area contributed by atoms with Crippen molar-refractivity contribution in [3.05, 3.63) is 29.8 Å². The first-order valence-electron chi connectivity index (χ1n) is 8.68. The van der Waals surface area contributed by atoms with Crippen LogP contribution < -0.4 is 0 Å². The second-order valence-corrected chi connectivity index (χ2v) is 6.54. The van der Waals surface area contributed by atoms with Gasteiger partial charge in [-0.3, -0.25) is 4.79 Å². The van der Waals surface area contributed by atoms with Gasteiger partial charge in [0.05, 0.1) is 6.61 Å². The third kappa shape index (κ3) is 5.83. The van der Waals surface area contributed by atoms with Gasteiger partial charge < -0.3 is 14.5 Å². The minimum absolute atomic E-state index is 0.0888. The van der Waals surface area contributed by atoms with Crippen molar-refractivity contribution in [1.82, 2.24) is 14.8 Å². The zero-order valence-electron chi connectivity index (χ0n) is 14.7. The Morgan fingerprint density at radius 1 is 1.42 bits per heavy atom. The standard InChI is InChI=1S/C18H28FN3O2/c1-21(12-13-24-2)9-3-4-15-6-10-22(11-7-15)18(23)16-5-8-20-17(19)14-16/h5,8,14-15H,3-4,6-7,9-13H2,1-2H3. The van der Waals surface area contributed by atoms with E-state index in [0.717, 1.165) is 45.6 Å². The van der Waals surface area contributed by atoms with Gasteiger partial charge in [0.2, 0.25) is 5.95 Å². The molecule has 0 aromatic carbocycles. The number of nitrogens with zero attached hydrogens (tertiary/aromatic N) is 3. The number of likely N-dealkylation sites (N-methyl/N-ethyl adjacent to an activating group) is 1. The molecule has 0 bridgehead atoms. The molecule has 5 nitrogen and oxygen atoms in total. The van der Waals surface area contributed by atoms with Crippen molar-refractivity contribution in [1.29, 1.82) is 0 Å². The average molecular weight is 337 g/mol. The maximum Gasteiger partial charge on any atom is 0.254 e. The van der Waals surface area contributed by atoms with E-state index in [1.54, 1.807) is 13.2 Å². The summed E-state index contributed by atoms with van der Waals surface area (Å²) in [6, 6.07) is 2.79. The number of halogens is 1. The average Bonchev–Trinajstić information content (AvgIpc) is 2.60. The molecule has 1 fully saturated rings. The van der Waals surface area contributed by atoms with Gasteiger partial charge in [-0.1, -0.05) is 0 Å². The van der Waals surface area contributed by atoms with Crippen LogP contribution in [0.5, 0.6) is 0 Å². The van der Waals surface area contributed by atoms with Gasteiger partial charge in [-0.25, -0.2) is 4.98 Å². The number of hydrogen-bond acceptors (Lipinski definition) is 4. The summed E-state index contributed by atoms with van der Waals surface area (Å²) in [7, 11) is 3.84. The Kier molecular flexibility index (Phi) is 7.59. The van der Waals surface area contributed by atoms with Crippen molar-refractivity contribution in [3.8, 4) is 0 Å². The van der Waals surface area contributed by atoms with E-state index in [0.29, 0.717) is 11.5 Å². The molecular weight excluding hydrogens is 309 g/mol. The lowest BCUT2D eigenvalue weighted by atomic mass is 9.92. The quantitative estimate of drug-likeness (QED) is 0.684. The van der Waals surface area contributed by atoms with Crippen LogP contribution in [0.2, 0.25) is 0 Å². The SMILES string of the molecule is COCCN(C)CCCC1CCN(C(=O)c2ccnc(F)c2)CC1. The van der Waals surface area contributed by atoms with Crippen molar-refractivity contribution in [3.63, 3.8) is 0 Å². The van der Waals surface area contributed by atoms with Crippen LogP contribution in [0.25, 0.3) is 0 Å². The Hall–Kier alpha value is -1.53. The maximum atomic E-state index is 13.1. The Balaban J connectivity index is 1.69. The molecule has 1 aromatic heterocycles. The summed E-state index contributed by atoms with van der Waals surface area (Å²) < 4.78 is 18.2. The molecule has 2 heterocycles. The van der Waals surface area contributed by atoms with Crippen molar-refractivity contribution in [2.24, 2.45) is 5.92 Å². The molecule has 0 radical (unpaired) electrons. The number of aromatic nitrogens is 1. The molecule has 0 spiro atoms. The summed E-state index contributed by atoms with van der Waals surface area (Å²) in [4.78, 5) is 20.0. The lowest BCUT2D eigenvalue weighted by Gasteiger charge is -2.32. The fourth-order valence-electron chi connectivity index (χ4n) is 3.15. The first-order chi connectivity index (χ1) is 11.6. The molecule has 1 aliphatic rings. The Bertz CT molecular complexity index is 519. The van der Waals surface area contributed by atoms with Gasteiger partial charge in [-0.2, -0.15) is 4.39 Å². The molecule has 1 amide bonds. The number of rotatable bonds is 8. The molecule has 6 heteroatoms. The van der Waals surface area contributed by atoms with Crippen LogP contribution in [0.1, 0.15) is 36.0 Å². The molecule has 1 aliphatic heterocycles. The third-order valence-corrected chi connectivity index (χ3v) is 4.70. The topological polar surface area (TPSA) is 45.7 Å². The normalized spacial score (nSPS) is 15.9. The van der Waals surface area contributed by atoms with E-state index in [4.69, 9.17) is 4.74 Å². The second kappa shape index (κ2) is 9.69. The highest BCUT2D eigenvalue weighted by molar-refractivity contribution is 5.94. The predicted molar refractivity (Wildman–Crippen MR) is 91.4 cm³/mol. The Labute approximate surface area is 143 Å². The summed E-state index contributed by atoms with van der Waals surface area (Å²) >= 11 is 0. The van der Waals surface area contributed by atoms with Crippen LogP contribution >= 0.6 is 0 Å². The monoisotopic (exact) mass is 337 g/mol. The molecule has 24 heavy (non-hydrogen) atoms. The van der Waals surface area contributed by atoms with Crippen molar-refractivity contribution in [2.75, 3.05) is 46.9 Å². The first kappa shape index (κ1) is 18.8. The van der Waals surface area contributed by atoms with Crippen LogP contribution in [0.15, 0.2) is 18.3 Å². The first-order valence-corrected chi connectivity index (χ1v) is 8.68. The molecular formula is C18H28FN3O2. The number of methoxy groups -OCH3 is 1. The Morgan fingerprint density at radius 3 is 2.83 bits per heavy atom. The molecule has 134 valence electrons. The summed E-state index contributed by atoms with van der Waals surface area (Å²) in [5.41, 5.74) is 0.390. The van der Waals surface area contributed by atoms with Crippen LogP contribution in [0.4, 0.5) is 4.39 Å². The maximum absolute atomic E-state index is 13.1. The predicted octanol–water partition coefficient (Wildman–Crippen LogP) is 2.43.